The third kappa shape index (κ3) is 3.36. The van der Waals surface area contributed by atoms with Crippen molar-refractivity contribution >= 4 is 6.09 Å². The van der Waals surface area contributed by atoms with E-state index < -0.39 is 5.60 Å². The fourth-order valence-corrected chi connectivity index (χ4v) is 2.51. The maximum Gasteiger partial charge on any atom is 0.410 e. The molecule has 2 rings (SSSR count). The predicted octanol–water partition coefficient (Wildman–Crippen LogP) is 1.37. The van der Waals surface area contributed by atoms with Crippen LogP contribution < -0.4 is 5.32 Å². The number of piperazine rings is 1. The Hall–Kier alpha value is -0.810. The van der Waals surface area contributed by atoms with Gasteiger partial charge in [0.2, 0.25) is 0 Å². The summed E-state index contributed by atoms with van der Waals surface area (Å²) >= 11 is 0. The molecule has 0 bridgehead atoms. The molecular weight excluding hydrogens is 232 g/mol. The van der Waals surface area contributed by atoms with Gasteiger partial charge in [0.05, 0.1) is 12.1 Å². The highest BCUT2D eigenvalue weighted by Gasteiger charge is 2.37. The highest BCUT2D eigenvalue weighted by atomic mass is 16.6. The molecule has 2 aliphatic rings. The molecule has 0 aliphatic carbocycles. The fraction of sp³-hybridized carbons (Fsp3) is 0.923. The summed E-state index contributed by atoms with van der Waals surface area (Å²) in [4.78, 5) is 14.0. The van der Waals surface area contributed by atoms with Crippen molar-refractivity contribution in [3.05, 3.63) is 0 Å². The molecule has 2 saturated heterocycles. The summed E-state index contributed by atoms with van der Waals surface area (Å²) in [5.41, 5.74) is -0.441. The lowest BCUT2D eigenvalue weighted by atomic mass is 10.0. The van der Waals surface area contributed by atoms with E-state index in [1.165, 1.54) is 0 Å². The number of nitrogens with one attached hydrogen (secondary N) is 1. The van der Waals surface area contributed by atoms with Crippen LogP contribution in [0.2, 0.25) is 0 Å². The molecule has 0 spiro atoms. The second kappa shape index (κ2) is 5.45. The number of hydrogen-bond donors (Lipinski definition) is 1. The Morgan fingerprint density at radius 2 is 2.22 bits per heavy atom. The van der Waals surface area contributed by atoms with E-state index >= 15 is 0 Å². The summed E-state index contributed by atoms with van der Waals surface area (Å²) in [6, 6.07) is 0.107. The van der Waals surface area contributed by atoms with Gasteiger partial charge in [0.25, 0.3) is 0 Å². The molecule has 2 fully saturated rings. The molecule has 2 unspecified atom stereocenters. The third-order valence-electron chi connectivity index (χ3n) is 3.31. The number of carbonyl (C=O) groups excluding carboxylic acids is 1. The first-order chi connectivity index (χ1) is 8.47. The Morgan fingerprint density at radius 1 is 1.44 bits per heavy atom. The molecule has 0 aromatic carbocycles. The van der Waals surface area contributed by atoms with E-state index in [0.717, 1.165) is 32.5 Å². The number of amides is 1. The van der Waals surface area contributed by atoms with Crippen LogP contribution >= 0.6 is 0 Å². The van der Waals surface area contributed by atoms with E-state index in [1.807, 2.05) is 25.7 Å². The van der Waals surface area contributed by atoms with E-state index in [4.69, 9.17) is 9.47 Å². The van der Waals surface area contributed by atoms with Crippen LogP contribution in [0.25, 0.3) is 0 Å². The van der Waals surface area contributed by atoms with E-state index in [-0.39, 0.29) is 18.2 Å². The Labute approximate surface area is 109 Å². The third-order valence-corrected chi connectivity index (χ3v) is 3.31. The summed E-state index contributed by atoms with van der Waals surface area (Å²) in [5, 5.41) is 3.33. The number of carbonyl (C=O) groups is 1. The first kappa shape index (κ1) is 13.6. The van der Waals surface area contributed by atoms with Crippen LogP contribution in [0.3, 0.4) is 0 Å². The van der Waals surface area contributed by atoms with Crippen molar-refractivity contribution in [2.75, 3.05) is 26.2 Å². The van der Waals surface area contributed by atoms with Gasteiger partial charge in [-0.3, -0.25) is 0 Å². The first-order valence-corrected chi connectivity index (χ1v) is 6.79. The standard InChI is InChI=1S/C13H24N2O3/c1-13(2,3)18-12(16)15-7-6-14-9-10(15)11-5-4-8-17-11/h10-11,14H,4-9H2,1-3H3. The second-order valence-corrected chi connectivity index (χ2v) is 6.00. The molecule has 18 heavy (non-hydrogen) atoms. The number of hydrogen-bond acceptors (Lipinski definition) is 4. The fourth-order valence-electron chi connectivity index (χ4n) is 2.51. The van der Waals surface area contributed by atoms with Crippen molar-refractivity contribution in [2.45, 2.75) is 51.4 Å². The van der Waals surface area contributed by atoms with Crippen LogP contribution in [-0.4, -0.2) is 55.0 Å². The minimum atomic E-state index is -0.441. The zero-order valence-corrected chi connectivity index (χ0v) is 11.6. The van der Waals surface area contributed by atoms with Gasteiger partial charge in [0.1, 0.15) is 5.60 Å². The van der Waals surface area contributed by atoms with Crippen LogP contribution in [0, 0.1) is 0 Å². The molecular formula is C13H24N2O3. The molecule has 0 saturated carbocycles. The Balaban J connectivity index is 2.00. The minimum absolute atomic E-state index is 0.107. The molecule has 0 radical (unpaired) electrons. The number of nitrogens with zero attached hydrogens (tertiary/aromatic N) is 1. The van der Waals surface area contributed by atoms with Crippen molar-refractivity contribution in [2.24, 2.45) is 0 Å². The summed E-state index contributed by atoms with van der Waals surface area (Å²) < 4.78 is 11.2. The highest BCUT2D eigenvalue weighted by molar-refractivity contribution is 5.69. The van der Waals surface area contributed by atoms with Gasteiger partial charge in [-0.2, -0.15) is 0 Å². The van der Waals surface area contributed by atoms with E-state index in [0.29, 0.717) is 6.54 Å². The van der Waals surface area contributed by atoms with Crippen molar-refractivity contribution in [1.82, 2.24) is 10.2 Å². The summed E-state index contributed by atoms with van der Waals surface area (Å²) in [6.45, 7) is 8.81. The van der Waals surface area contributed by atoms with Crippen molar-refractivity contribution in [1.29, 1.82) is 0 Å². The molecule has 2 atom stereocenters. The Morgan fingerprint density at radius 3 is 2.83 bits per heavy atom. The van der Waals surface area contributed by atoms with E-state index in [2.05, 4.69) is 5.32 Å². The zero-order valence-electron chi connectivity index (χ0n) is 11.6. The molecule has 1 amide bonds. The lowest BCUT2D eigenvalue weighted by Crippen LogP contribution is -2.58. The SMILES string of the molecule is CC(C)(C)OC(=O)N1CCNCC1C1CCCO1. The van der Waals surface area contributed by atoms with Crippen molar-refractivity contribution < 1.29 is 14.3 Å². The molecule has 0 aromatic heterocycles. The maximum atomic E-state index is 12.2. The monoisotopic (exact) mass is 256 g/mol. The first-order valence-electron chi connectivity index (χ1n) is 6.79. The van der Waals surface area contributed by atoms with Crippen LogP contribution in [0.5, 0.6) is 0 Å². The zero-order chi connectivity index (χ0) is 13.2. The summed E-state index contributed by atoms with van der Waals surface area (Å²) in [6.07, 6.45) is 2.06. The van der Waals surface area contributed by atoms with Gasteiger partial charge in [-0.1, -0.05) is 0 Å². The largest absolute Gasteiger partial charge is 0.444 e. The molecule has 1 N–H and O–H groups in total. The average molecular weight is 256 g/mol. The van der Waals surface area contributed by atoms with Gasteiger partial charge in [-0.25, -0.2) is 4.79 Å². The second-order valence-electron chi connectivity index (χ2n) is 6.00. The molecule has 2 heterocycles. The van der Waals surface area contributed by atoms with Gasteiger partial charge in [-0.05, 0) is 33.6 Å². The summed E-state index contributed by atoms with van der Waals surface area (Å²) in [5.74, 6) is 0. The van der Waals surface area contributed by atoms with Gasteiger partial charge < -0.3 is 19.7 Å². The Bertz CT molecular complexity index is 295. The molecule has 0 aromatic rings. The van der Waals surface area contributed by atoms with Crippen LogP contribution in [-0.2, 0) is 9.47 Å². The number of rotatable bonds is 1. The van der Waals surface area contributed by atoms with E-state index in [9.17, 15) is 4.79 Å². The van der Waals surface area contributed by atoms with Crippen LogP contribution in [0.4, 0.5) is 4.79 Å². The quantitative estimate of drug-likeness (QED) is 0.770. The smallest absolute Gasteiger partial charge is 0.410 e. The van der Waals surface area contributed by atoms with Crippen LogP contribution in [0.15, 0.2) is 0 Å². The number of ether oxygens (including phenoxy) is 2. The normalized spacial score (nSPS) is 29.4. The van der Waals surface area contributed by atoms with Gasteiger partial charge in [0, 0.05) is 26.2 Å². The lowest BCUT2D eigenvalue weighted by molar-refractivity contribution is -0.0190. The Kier molecular flexibility index (Phi) is 4.12. The van der Waals surface area contributed by atoms with E-state index in [1.54, 1.807) is 0 Å². The van der Waals surface area contributed by atoms with Crippen molar-refractivity contribution in [3.8, 4) is 0 Å². The molecule has 2 aliphatic heterocycles. The van der Waals surface area contributed by atoms with Crippen molar-refractivity contribution in [3.63, 3.8) is 0 Å². The average Bonchev–Trinajstić information content (AvgIpc) is 2.80. The topological polar surface area (TPSA) is 50.8 Å². The molecule has 104 valence electrons. The lowest BCUT2D eigenvalue weighted by Gasteiger charge is -2.39. The molecule has 5 heteroatoms. The minimum Gasteiger partial charge on any atom is -0.444 e. The molecule has 5 nitrogen and oxygen atoms in total. The predicted molar refractivity (Wildman–Crippen MR) is 68.6 cm³/mol. The highest BCUT2D eigenvalue weighted by Crippen LogP contribution is 2.22. The van der Waals surface area contributed by atoms with Gasteiger partial charge in [0.15, 0.2) is 0 Å². The summed E-state index contributed by atoms with van der Waals surface area (Å²) in [7, 11) is 0. The van der Waals surface area contributed by atoms with Crippen LogP contribution in [0.1, 0.15) is 33.6 Å². The maximum absolute atomic E-state index is 12.2. The van der Waals surface area contributed by atoms with Gasteiger partial charge >= 0.3 is 6.09 Å². The van der Waals surface area contributed by atoms with Gasteiger partial charge in [-0.15, -0.1) is 0 Å².